The van der Waals surface area contributed by atoms with Crippen LogP contribution in [0.4, 0.5) is 11.9 Å². The number of primary amides is 1. The van der Waals surface area contributed by atoms with Gasteiger partial charge in [0, 0.05) is 33.2 Å². The first-order valence-corrected chi connectivity index (χ1v) is 7.51. The van der Waals surface area contributed by atoms with Crippen LogP contribution in [0.5, 0.6) is 0 Å². The molecule has 3 N–H and O–H groups in total. The fourth-order valence-corrected chi connectivity index (χ4v) is 2.22. The smallest absolute Gasteiger partial charge is 0.237 e. The number of hydrogen-bond donors (Lipinski definition) is 2. The molecule has 119 valence electrons. The third-order valence-corrected chi connectivity index (χ3v) is 3.25. The molecule has 1 aliphatic rings. The Morgan fingerprint density at radius 2 is 2.05 bits per heavy atom. The minimum atomic E-state index is -0.416. The Bertz CT molecular complexity index is 519. The van der Waals surface area contributed by atoms with E-state index < -0.39 is 5.91 Å². The molecule has 2 heterocycles. The molecule has 1 fully saturated rings. The van der Waals surface area contributed by atoms with Gasteiger partial charge in [-0.2, -0.15) is 4.98 Å². The van der Waals surface area contributed by atoms with Crippen molar-refractivity contribution in [3.05, 3.63) is 0 Å². The van der Waals surface area contributed by atoms with Gasteiger partial charge in [0.15, 0.2) is 0 Å². The number of nitrogens with zero attached hydrogens (tertiary/aromatic N) is 5. The van der Waals surface area contributed by atoms with Crippen molar-refractivity contribution < 1.29 is 4.79 Å². The lowest BCUT2D eigenvalue weighted by molar-refractivity contribution is -0.116. The minimum absolute atomic E-state index is 0.0755. The molecule has 0 aromatic carbocycles. The lowest BCUT2D eigenvalue weighted by Crippen LogP contribution is -2.45. The number of nitrogens with one attached hydrogen (secondary N) is 1. The quantitative estimate of drug-likeness (QED) is 0.608. The van der Waals surface area contributed by atoms with Crippen LogP contribution < -0.4 is 26.6 Å². The SMILES string of the molecule is CC(C)[B]c1nc(N(C)CC(N)=O)nc(N2CCNCC2)n1. The van der Waals surface area contributed by atoms with Gasteiger partial charge in [-0.3, -0.25) is 4.79 Å². The number of aromatic nitrogens is 3. The van der Waals surface area contributed by atoms with Crippen LogP contribution in [-0.2, 0) is 4.79 Å². The van der Waals surface area contributed by atoms with Gasteiger partial charge >= 0.3 is 0 Å². The van der Waals surface area contributed by atoms with E-state index >= 15 is 0 Å². The summed E-state index contributed by atoms with van der Waals surface area (Å²) in [5.74, 6) is 1.03. The van der Waals surface area contributed by atoms with E-state index in [2.05, 4.69) is 39.0 Å². The van der Waals surface area contributed by atoms with E-state index in [-0.39, 0.29) is 6.54 Å². The number of carbonyl (C=O) groups excluding carboxylic acids is 1. The molecule has 0 atom stereocenters. The highest BCUT2D eigenvalue weighted by atomic mass is 16.1. The van der Waals surface area contributed by atoms with Crippen LogP contribution >= 0.6 is 0 Å². The Hall–Kier alpha value is -1.90. The van der Waals surface area contributed by atoms with E-state index in [0.717, 1.165) is 26.2 Å². The van der Waals surface area contributed by atoms with E-state index in [1.807, 2.05) is 7.28 Å². The maximum atomic E-state index is 11.1. The number of amides is 1. The van der Waals surface area contributed by atoms with Gasteiger partial charge in [-0.05, 0) is 0 Å². The summed E-state index contributed by atoms with van der Waals surface area (Å²) < 4.78 is 0. The molecule has 1 aromatic rings. The van der Waals surface area contributed by atoms with E-state index in [1.165, 1.54) is 0 Å². The predicted octanol–water partition coefficient (Wildman–Crippen LogP) is -1.64. The van der Waals surface area contributed by atoms with Crippen LogP contribution in [0.15, 0.2) is 0 Å². The second-order valence-corrected chi connectivity index (χ2v) is 5.76. The molecule has 0 spiro atoms. The topological polar surface area (TPSA) is 100 Å². The lowest BCUT2D eigenvalue weighted by atomic mass is 9.66. The minimum Gasteiger partial charge on any atom is -0.368 e. The van der Waals surface area contributed by atoms with Gasteiger partial charge in [-0.25, -0.2) is 9.97 Å². The molecule has 0 aliphatic carbocycles. The maximum Gasteiger partial charge on any atom is 0.237 e. The highest BCUT2D eigenvalue weighted by Gasteiger charge is 2.18. The van der Waals surface area contributed by atoms with E-state index in [0.29, 0.717) is 23.4 Å². The summed E-state index contributed by atoms with van der Waals surface area (Å²) in [5, 5.41) is 3.30. The average Bonchev–Trinajstić information content (AvgIpc) is 2.46. The van der Waals surface area contributed by atoms with Crippen LogP contribution in [0.3, 0.4) is 0 Å². The molecule has 1 radical (unpaired) electrons. The number of anilines is 2. The third-order valence-electron chi connectivity index (χ3n) is 3.25. The Labute approximate surface area is 131 Å². The fraction of sp³-hybridized carbons (Fsp3) is 0.692. The highest BCUT2D eigenvalue weighted by molar-refractivity contribution is 6.52. The van der Waals surface area contributed by atoms with E-state index in [9.17, 15) is 4.79 Å². The first-order valence-electron chi connectivity index (χ1n) is 7.51. The van der Waals surface area contributed by atoms with Crippen LogP contribution in [0.1, 0.15) is 13.8 Å². The van der Waals surface area contributed by atoms with Gasteiger partial charge in [-0.15, -0.1) is 0 Å². The zero-order chi connectivity index (χ0) is 16.1. The second kappa shape index (κ2) is 7.39. The highest BCUT2D eigenvalue weighted by Crippen LogP contribution is 2.11. The predicted molar refractivity (Wildman–Crippen MR) is 87.9 cm³/mol. The zero-order valence-corrected chi connectivity index (χ0v) is 13.4. The summed E-state index contributed by atoms with van der Waals surface area (Å²) in [6.45, 7) is 7.73. The summed E-state index contributed by atoms with van der Waals surface area (Å²) >= 11 is 0. The van der Waals surface area contributed by atoms with Gasteiger partial charge in [0.25, 0.3) is 0 Å². The van der Waals surface area contributed by atoms with Gasteiger partial charge in [0.1, 0.15) is 0 Å². The maximum absolute atomic E-state index is 11.1. The largest absolute Gasteiger partial charge is 0.368 e. The summed E-state index contributed by atoms with van der Waals surface area (Å²) in [6, 6.07) is 0. The first-order chi connectivity index (χ1) is 10.5. The van der Waals surface area contributed by atoms with Crippen molar-refractivity contribution in [2.45, 2.75) is 19.7 Å². The van der Waals surface area contributed by atoms with Crippen molar-refractivity contribution in [3.63, 3.8) is 0 Å². The van der Waals surface area contributed by atoms with Crippen molar-refractivity contribution in [3.8, 4) is 0 Å². The molecule has 0 unspecified atom stereocenters. The Balaban J connectivity index is 2.28. The van der Waals surface area contributed by atoms with Gasteiger partial charge in [0.2, 0.25) is 25.1 Å². The molecule has 1 aromatic heterocycles. The number of nitrogens with two attached hydrogens (primary N) is 1. The summed E-state index contributed by atoms with van der Waals surface area (Å²) in [6.07, 6.45) is 0. The standard InChI is InChI=1S/C13H23BN7O/c1-9(2)14-11-17-12(20(3)8-10(15)22)19-13(18-11)21-6-4-16-5-7-21/h9,16H,4-8H2,1-3H3,(H2,15,22). The summed E-state index contributed by atoms with van der Waals surface area (Å²) in [4.78, 5) is 28.3. The molecule has 0 bridgehead atoms. The molecule has 1 amide bonds. The van der Waals surface area contributed by atoms with Gasteiger partial charge in [-0.1, -0.05) is 19.7 Å². The Kier molecular flexibility index (Phi) is 5.54. The normalized spacial score (nSPS) is 15.0. The molecule has 22 heavy (non-hydrogen) atoms. The van der Waals surface area contributed by atoms with Crippen molar-refractivity contribution in [1.82, 2.24) is 20.3 Å². The first kappa shape index (κ1) is 16.5. The molecule has 1 saturated heterocycles. The van der Waals surface area contributed by atoms with E-state index in [1.54, 1.807) is 11.9 Å². The molecule has 2 rings (SSSR count). The second-order valence-electron chi connectivity index (χ2n) is 5.76. The third kappa shape index (κ3) is 4.55. The summed E-state index contributed by atoms with van der Waals surface area (Å²) in [5.41, 5.74) is 5.88. The zero-order valence-electron chi connectivity index (χ0n) is 13.4. The van der Waals surface area contributed by atoms with Gasteiger partial charge in [0.05, 0.1) is 12.3 Å². The van der Waals surface area contributed by atoms with Gasteiger partial charge < -0.3 is 20.9 Å². The number of carbonyl (C=O) groups is 1. The van der Waals surface area contributed by atoms with Crippen LogP contribution in [-0.4, -0.2) is 67.9 Å². The molecule has 1 aliphatic heterocycles. The van der Waals surface area contributed by atoms with Crippen molar-refractivity contribution in [1.29, 1.82) is 0 Å². The fourth-order valence-electron chi connectivity index (χ4n) is 2.22. The monoisotopic (exact) mass is 304 g/mol. The Morgan fingerprint density at radius 3 is 2.64 bits per heavy atom. The van der Waals surface area contributed by atoms with E-state index in [4.69, 9.17) is 5.73 Å². The van der Waals surface area contributed by atoms with Crippen molar-refractivity contribution in [2.75, 3.05) is 49.6 Å². The number of hydrogen-bond acceptors (Lipinski definition) is 7. The molecule has 0 saturated carbocycles. The molecular formula is C13H23BN7O. The number of likely N-dealkylation sites (N-methyl/N-ethyl adjacent to an activating group) is 1. The van der Waals surface area contributed by atoms with Crippen molar-refractivity contribution >= 4 is 30.8 Å². The van der Waals surface area contributed by atoms with Crippen molar-refractivity contribution in [2.24, 2.45) is 5.73 Å². The number of piperazine rings is 1. The molecule has 8 nitrogen and oxygen atoms in total. The lowest BCUT2D eigenvalue weighted by Gasteiger charge is -2.28. The Morgan fingerprint density at radius 1 is 1.36 bits per heavy atom. The van der Waals surface area contributed by atoms with Crippen LogP contribution in [0.2, 0.25) is 5.82 Å². The molecule has 9 heteroatoms. The van der Waals surface area contributed by atoms with Crippen LogP contribution in [0, 0.1) is 0 Å². The van der Waals surface area contributed by atoms with Crippen LogP contribution in [0.25, 0.3) is 0 Å². The molecular weight excluding hydrogens is 281 g/mol. The average molecular weight is 304 g/mol. The number of rotatable bonds is 6. The summed E-state index contributed by atoms with van der Waals surface area (Å²) in [7, 11) is 3.73.